The second-order valence-electron chi connectivity index (χ2n) is 5.79. The van der Waals surface area contributed by atoms with Gasteiger partial charge in [0.05, 0.1) is 0 Å². The van der Waals surface area contributed by atoms with Gasteiger partial charge in [0.1, 0.15) is 11.9 Å². The van der Waals surface area contributed by atoms with Crippen molar-refractivity contribution in [2.45, 2.75) is 12.5 Å². The third-order valence-electron chi connectivity index (χ3n) is 3.86. The highest BCUT2D eigenvalue weighted by Crippen LogP contribution is 2.34. The summed E-state index contributed by atoms with van der Waals surface area (Å²) in [5, 5.41) is 20.6. The average Bonchev–Trinajstić information content (AvgIpc) is 3.15. The van der Waals surface area contributed by atoms with Gasteiger partial charge in [0, 0.05) is 24.3 Å². The van der Waals surface area contributed by atoms with Gasteiger partial charge >= 0.3 is 6.09 Å². The summed E-state index contributed by atoms with van der Waals surface area (Å²) >= 11 is 0. The predicted molar refractivity (Wildman–Crippen MR) is 97.2 cm³/mol. The molecule has 1 heterocycles. The van der Waals surface area contributed by atoms with E-state index < -0.39 is 18.1 Å². The Morgan fingerprint density at radius 3 is 2.64 bits per heavy atom. The maximum atomic E-state index is 12.3. The highest BCUT2D eigenvalue weighted by Gasteiger charge is 2.18. The lowest BCUT2D eigenvalue weighted by atomic mass is 10.1. The van der Waals surface area contributed by atoms with E-state index in [9.17, 15) is 14.7 Å². The molecule has 1 aliphatic rings. The number of amides is 2. The molecular weight excluding hydrogens is 368 g/mol. The summed E-state index contributed by atoms with van der Waals surface area (Å²) < 4.78 is 15.9. The molecule has 3 rings (SSSR count). The topological polar surface area (TPSA) is 126 Å². The van der Waals surface area contributed by atoms with E-state index in [0.717, 1.165) is 6.08 Å². The zero-order valence-corrected chi connectivity index (χ0v) is 14.6. The Bertz CT molecular complexity index is 880. The van der Waals surface area contributed by atoms with Crippen molar-refractivity contribution >= 4 is 17.7 Å². The summed E-state index contributed by atoms with van der Waals surface area (Å²) in [5.41, 5.74) is 2.56. The fourth-order valence-electron chi connectivity index (χ4n) is 2.53. The van der Waals surface area contributed by atoms with Crippen molar-refractivity contribution in [3.05, 3.63) is 60.2 Å². The summed E-state index contributed by atoms with van der Waals surface area (Å²) in [6.45, 7) is 0.125. The predicted octanol–water partition coefficient (Wildman–Crippen LogP) is 2.86. The van der Waals surface area contributed by atoms with E-state index in [-0.39, 0.29) is 19.0 Å². The van der Waals surface area contributed by atoms with E-state index in [1.807, 2.05) is 0 Å². The van der Waals surface area contributed by atoms with Crippen molar-refractivity contribution in [2.75, 3.05) is 12.1 Å². The quantitative estimate of drug-likeness (QED) is 0.342. The summed E-state index contributed by atoms with van der Waals surface area (Å²) in [7, 11) is 0. The minimum Gasteiger partial charge on any atom is -0.508 e. The van der Waals surface area contributed by atoms with Gasteiger partial charge in [0.2, 0.25) is 6.79 Å². The zero-order valence-electron chi connectivity index (χ0n) is 14.6. The first kappa shape index (κ1) is 19.1. The molecule has 0 spiro atoms. The maximum Gasteiger partial charge on any atom is 0.412 e. The first-order chi connectivity index (χ1) is 13.5. The number of phenols is 1. The summed E-state index contributed by atoms with van der Waals surface area (Å²) in [4.78, 5) is 23.4. The van der Waals surface area contributed by atoms with Crippen LogP contribution in [0.15, 0.2) is 54.6 Å². The van der Waals surface area contributed by atoms with Gasteiger partial charge in [-0.3, -0.25) is 15.3 Å². The average molecular weight is 386 g/mol. The number of phenolic OH excluding ortho intramolecular Hbond substituents is 1. The fraction of sp³-hybridized carbons (Fsp3) is 0.158. The van der Waals surface area contributed by atoms with E-state index in [1.165, 1.54) is 23.7 Å². The number of hydrogen-bond acceptors (Lipinski definition) is 7. The minimum absolute atomic E-state index is 0.0718. The van der Waals surface area contributed by atoms with Crippen LogP contribution in [0.1, 0.15) is 18.1 Å². The van der Waals surface area contributed by atoms with Crippen molar-refractivity contribution in [1.29, 1.82) is 0 Å². The van der Waals surface area contributed by atoms with Gasteiger partial charge in [-0.25, -0.2) is 10.3 Å². The van der Waals surface area contributed by atoms with Crippen LogP contribution < -0.4 is 20.3 Å². The Labute approximate surface area is 160 Å². The molecule has 0 aromatic heterocycles. The molecule has 0 bridgehead atoms. The number of carbonyl (C=O) groups is 2. The molecule has 0 saturated heterocycles. The highest BCUT2D eigenvalue weighted by molar-refractivity contribution is 5.86. The maximum absolute atomic E-state index is 12.3. The van der Waals surface area contributed by atoms with Crippen LogP contribution in [0.4, 0.5) is 10.5 Å². The largest absolute Gasteiger partial charge is 0.508 e. The van der Waals surface area contributed by atoms with Crippen molar-refractivity contribution < 1.29 is 34.1 Å². The first-order valence-electron chi connectivity index (χ1n) is 8.32. The monoisotopic (exact) mass is 386 g/mol. The number of ether oxygens (including phenoxy) is 3. The Morgan fingerprint density at radius 2 is 1.89 bits per heavy atom. The normalized spacial score (nSPS) is 13.2. The number of rotatable bonds is 6. The first-order valence-corrected chi connectivity index (χ1v) is 8.32. The van der Waals surface area contributed by atoms with E-state index in [0.29, 0.717) is 22.7 Å². The summed E-state index contributed by atoms with van der Waals surface area (Å²) in [6, 6.07) is 11.1. The summed E-state index contributed by atoms with van der Waals surface area (Å²) in [6.07, 6.45) is 1.31. The molecule has 0 saturated carbocycles. The highest BCUT2D eigenvalue weighted by atomic mass is 16.7. The molecule has 2 aromatic carbocycles. The van der Waals surface area contributed by atoms with Crippen LogP contribution in [0.5, 0.6) is 17.2 Å². The Morgan fingerprint density at radius 1 is 1.14 bits per heavy atom. The fourth-order valence-corrected chi connectivity index (χ4v) is 2.53. The Kier molecular flexibility index (Phi) is 5.97. The van der Waals surface area contributed by atoms with Crippen molar-refractivity contribution in [1.82, 2.24) is 5.48 Å². The molecule has 2 amide bonds. The molecule has 4 N–H and O–H groups in total. The molecular formula is C19H18N2O7. The number of benzene rings is 2. The van der Waals surface area contributed by atoms with Crippen LogP contribution in [0.25, 0.3) is 0 Å². The molecule has 0 radical (unpaired) electrons. The summed E-state index contributed by atoms with van der Waals surface area (Å²) in [5.74, 6) is 0.482. The van der Waals surface area contributed by atoms with Crippen molar-refractivity contribution in [2.24, 2.45) is 0 Å². The standard InChI is InChI=1S/C19H18N2O7/c22-14-7-4-12(5-8-14)15(2-1-3-18(23)21-25)28-19(24)20-13-6-9-16-17(10-13)27-11-26-16/h1,3-10,15,22,25H,2,11H2,(H,20,24)(H,21,23)/b3-1+/t15-/m1/s1. The van der Waals surface area contributed by atoms with Crippen LogP contribution >= 0.6 is 0 Å². The molecule has 0 fully saturated rings. The van der Waals surface area contributed by atoms with Crippen molar-refractivity contribution in [3.63, 3.8) is 0 Å². The Hall–Kier alpha value is -3.72. The van der Waals surface area contributed by atoms with Gasteiger partial charge in [-0.2, -0.15) is 0 Å². The van der Waals surface area contributed by atoms with Gasteiger partial charge in [-0.05, 0) is 29.8 Å². The third-order valence-corrected chi connectivity index (χ3v) is 3.86. The van der Waals surface area contributed by atoms with Gasteiger partial charge in [-0.1, -0.05) is 18.2 Å². The molecule has 9 heteroatoms. The van der Waals surface area contributed by atoms with Crippen LogP contribution in [-0.2, 0) is 9.53 Å². The molecule has 9 nitrogen and oxygen atoms in total. The lowest BCUT2D eigenvalue weighted by molar-refractivity contribution is -0.124. The van der Waals surface area contributed by atoms with E-state index in [2.05, 4.69) is 5.32 Å². The molecule has 1 aliphatic heterocycles. The lowest BCUT2D eigenvalue weighted by Crippen LogP contribution is -2.18. The van der Waals surface area contributed by atoms with Crippen LogP contribution in [0.3, 0.4) is 0 Å². The van der Waals surface area contributed by atoms with Crippen LogP contribution in [0, 0.1) is 0 Å². The number of anilines is 1. The second kappa shape index (κ2) is 8.78. The minimum atomic E-state index is -0.725. The number of carbonyl (C=O) groups excluding carboxylic acids is 2. The van der Waals surface area contributed by atoms with E-state index >= 15 is 0 Å². The number of aromatic hydroxyl groups is 1. The molecule has 146 valence electrons. The number of fused-ring (bicyclic) bond motifs is 1. The molecule has 0 aliphatic carbocycles. The van der Waals surface area contributed by atoms with Gasteiger partial charge in [0.15, 0.2) is 11.5 Å². The lowest BCUT2D eigenvalue weighted by Gasteiger charge is -2.17. The molecule has 0 unspecified atom stereocenters. The zero-order chi connectivity index (χ0) is 19.9. The van der Waals surface area contributed by atoms with E-state index in [1.54, 1.807) is 30.3 Å². The second-order valence-corrected chi connectivity index (χ2v) is 5.79. The van der Waals surface area contributed by atoms with Gasteiger partial charge < -0.3 is 19.3 Å². The number of hydroxylamine groups is 1. The van der Waals surface area contributed by atoms with Gasteiger partial charge in [-0.15, -0.1) is 0 Å². The van der Waals surface area contributed by atoms with Crippen LogP contribution in [0.2, 0.25) is 0 Å². The Balaban J connectivity index is 1.68. The number of hydrogen-bond donors (Lipinski definition) is 4. The van der Waals surface area contributed by atoms with Crippen LogP contribution in [-0.4, -0.2) is 29.1 Å². The smallest absolute Gasteiger partial charge is 0.412 e. The molecule has 2 aromatic rings. The SMILES string of the molecule is O=C(/C=C/C[C@@H](OC(=O)Nc1ccc2c(c1)OCO2)c1ccc(O)cc1)NO. The molecule has 28 heavy (non-hydrogen) atoms. The van der Waals surface area contributed by atoms with Gasteiger partial charge in [0.25, 0.3) is 5.91 Å². The number of nitrogens with one attached hydrogen (secondary N) is 2. The third kappa shape index (κ3) is 4.92. The van der Waals surface area contributed by atoms with Crippen molar-refractivity contribution in [3.8, 4) is 17.2 Å². The van der Waals surface area contributed by atoms with E-state index in [4.69, 9.17) is 19.4 Å². The molecule has 1 atom stereocenters.